The first-order chi connectivity index (χ1) is 9.95. The predicted molar refractivity (Wildman–Crippen MR) is 91.4 cm³/mol. The Morgan fingerprint density at radius 2 is 1.86 bits per heavy atom. The zero-order valence-electron chi connectivity index (χ0n) is 11.3. The Balaban J connectivity index is 1.99. The minimum Gasteiger partial charge on any atom is -0.398 e. The lowest BCUT2D eigenvalue weighted by atomic mass is 10.2. The highest BCUT2D eigenvalue weighted by Crippen LogP contribution is 2.28. The molecule has 0 aliphatic rings. The number of nitrogen functional groups attached to an aromatic ring is 1. The van der Waals surface area contributed by atoms with Crippen molar-refractivity contribution in [2.75, 3.05) is 16.8 Å². The summed E-state index contributed by atoms with van der Waals surface area (Å²) >= 11 is 13.2. The number of carbonyl (C=O) groups is 1. The highest BCUT2D eigenvalue weighted by molar-refractivity contribution is 8.00. The average molecular weight is 341 g/mol. The van der Waals surface area contributed by atoms with E-state index in [1.54, 1.807) is 30.3 Å². The quantitative estimate of drug-likeness (QED) is 0.630. The van der Waals surface area contributed by atoms with Gasteiger partial charge >= 0.3 is 0 Å². The molecular weight excluding hydrogens is 327 g/mol. The summed E-state index contributed by atoms with van der Waals surface area (Å²) in [5.41, 5.74) is 8.12. The molecule has 110 valence electrons. The molecule has 6 heteroatoms. The normalized spacial score (nSPS) is 10.4. The molecule has 0 saturated heterocycles. The molecule has 2 aromatic rings. The summed E-state index contributed by atoms with van der Waals surface area (Å²) in [6.45, 7) is 1.91. The second-order valence-corrected chi connectivity index (χ2v) is 6.37. The largest absolute Gasteiger partial charge is 0.398 e. The molecule has 2 rings (SSSR count). The number of nitrogens with one attached hydrogen (secondary N) is 1. The molecule has 0 saturated carbocycles. The summed E-state index contributed by atoms with van der Waals surface area (Å²) in [7, 11) is 0. The van der Waals surface area contributed by atoms with Crippen LogP contribution in [0.25, 0.3) is 0 Å². The molecule has 0 radical (unpaired) electrons. The standard InChI is InChI=1S/C15H14Cl2N2OS/c1-9-2-3-10(16)6-13(9)19-15(20)8-21-14-7-11(17)4-5-12(14)18/h2-7H,8,18H2,1H3,(H,19,20). The van der Waals surface area contributed by atoms with Crippen molar-refractivity contribution in [3.63, 3.8) is 0 Å². The average Bonchev–Trinajstić information content (AvgIpc) is 2.44. The molecule has 3 nitrogen and oxygen atoms in total. The van der Waals surface area contributed by atoms with E-state index in [-0.39, 0.29) is 11.7 Å². The SMILES string of the molecule is Cc1ccc(Cl)cc1NC(=O)CSc1cc(Cl)ccc1N. The van der Waals surface area contributed by atoms with Crippen molar-refractivity contribution in [2.45, 2.75) is 11.8 Å². The molecule has 0 bridgehead atoms. The molecule has 21 heavy (non-hydrogen) atoms. The first-order valence-corrected chi connectivity index (χ1v) is 7.93. The summed E-state index contributed by atoms with van der Waals surface area (Å²) in [6.07, 6.45) is 0. The van der Waals surface area contributed by atoms with Crippen molar-refractivity contribution in [3.05, 3.63) is 52.0 Å². The van der Waals surface area contributed by atoms with Gasteiger partial charge in [0, 0.05) is 26.3 Å². The second kappa shape index (κ2) is 7.07. The number of hydrogen-bond acceptors (Lipinski definition) is 3. The molecule has 0 heterocycles. The third-order valence-corrected chi connectivity index (χ3v) is 4.35. The van der Waals surface area contributed by atoms with Crippen molar-refractivity contribution in [3.8, 4) is 0 Å². The van der Waals surface area contributed by atoms with E-state index >= 15 is 0 Å². The van der Waals surface area contributed by atoms with E-state index in [1.807, 2.05) is 13.0 Å². The number of carbonyl (C=O) groups excluding carboxylic acids is 1. The Morgan fingerprint density at radius 3 is 2.62 bits per heavy atom. The third-order valence-electron chi connectivity index (χ3n) is 2.81. The highest BCUT2D eigenvalue weighted by Gasteiger charge is 2.08. The number of thioether (sulfide) groups is 1. The van der Waals surface area contributed by atoms with E-state index in [0.29, 0.717) is 21.4 Å². The van der Waals surface area contributed by atoms with Crippen molar-refractivity contribution in [1.82, 2.24) is 0 Å². The molecule has 0 atom stereocenters. The van der Waals surface area contributed by atoms with Gasteiger partial charge in [0.2, 0.25) is 5.91 Å². The van der Waals surface area contributed by atoms with Crippen LogP contribution in [0.3, 0.4) is 0 Å². The summed E-state index contributed by atoms with van der Waals surface area (Å²) in [5, 5.41) is 4.02. The van der Waals surface area contributed by atoms with Crippen molar-refractivity contribution >= 4 is 52.2 Å². The van der Waals surface area contributed by atoms with Gasteiger partial charge in [-0.1, -0.05) is 29.3 Å². The smallest absolute Gasteiger partial charge is 0.234 e. The summed E-state index contributed by atoms with van der Waals surface area (Å²) in [5.74, 6) is 0.126. The highest BCUT2D eigenvalue weighted by atomic mass is 35.5. The Hall–Kier alpha value is -1.36. The fraction of sp³-hybridized carbons (Fsp3) is 0.133. The monoisotopic (exact) mass is 340 g/mol. The summed E-state index contributed by atoms with van der Waals surface area (Å²) in [4.78, 5) is 12.8. The maximum Gasteiger partial charge on any atom is 0.234 e. The van der Waals surface area contributed by atoms with Crippen LogP contribution in [0.4, 0.5) is 11.4 Å². The first-order valence-electron chi connectivity index (χ1n) is 6.19. The summed E-state index contributed by atoms with van der Waals surface area (Å²) < 4.78 is 0. The molecule has 2 aromatic carbocycles. The lowest BCUT2D eigenvalue weighted by Crippen LogP contribution is -2.14. The van der Waals surface area contributed by atoms with Gasteiger partial charge in [-0.3, -0.25) is 4.79 Å². The van der Waals surface area contributed by atoms with E-state index in [1.165, 1.54) is 11.8 Å². The molecule has 0 unspecified atom stereocenters. The lowest BCUT2D eigenvalue weighted by Gasteiger charge is -2.09. The van der Waals surface area contributed by atoms with Crippen molar-refractivity contribution < 1.29 is 4.79 Å². The number of hydrogen-bond donors (Lipinski definition) is 2. The maximum atomic E-state index is 12.0. The number of amides is 1. The molecule has 0 aliphatic carbocycles. The van der Waals surface area contributed by atoms with Gasteiger partial charge in [-0.2, -0.15) is 0 Å². The molecule has 1 amide bonds. The fourth-order valence-corrected chi connectivity index (χ4v) is 2.90. The minimum atomic E-state index is -0.121. The van der Waals surface area contributed by atoms with Crippen LogP contribution in [0.5, 0.6) is 0 Å². The maximum absolute atomic E-state index is 12.0. The number of aryl methyl sites for hydroxylation is 1. The number of benzene rings is 2. The van der Waals surface area contributed by atoms with Gasteiger partial charge in [0.1, 0.15) is 0 Å². The van der Waals surface area contributed by atoms with E-state index in [0.717, 1.165) is 10.5 Å². The van der Waals surface area contributed by atoms with Crippen LogP contribution < -0.4 is 11.1 Å². The van der Waals surface area contributed by atoms with E-state index in [9.17, 15) is 4.79 Å². The van der Waals surface area contributed by atoms with Crippen LogP contribution in [0.15, 0.2) is 41.3 Å². The van der Waals surface area contributed by atoms with Crippen LogP contribution in [0.1, 0.15) is 5.56 Å². The Labute approximate surface area is 137 Å². The van der Waals surface area contributed by atoms with Gasteiger partial charge in [-0.25, -0.2) is 0 Å². The van der Waals surface area contributed by atoms with Gasteiger partial charge in [0.25, 0.3) is 0 Å². The van der Waals surface area contributed by atoms with Crippen molar-refractivity contribution in [2.24, 2.45) is 0 Å². The molecule has 0 aromatic heterocycles. The van der Waals surface area contributed by atoms with Gasteiger partial charge < -0.3 is 11.1 Å². The minimum absolute atomic E-state index is 0.121. The number of anilines is 2. The topological polar surface area (TPSA) is 55.1 Å². The van der Waals surface area contributed by atoms with Gasteiger partial charge in [-0.05, 0) is 42.8 Å². The molecule has 3 N–H and O–H groups in total. The van der Waals surface area contributed by atoms with E-state index in [4.69, 9.17) is 28.9 Å². The van der Waals surface area contributed by atoms with Crippen LogP contribution >= 0.6 is 35.0 Å². The van der Waals surface area contributed by atoms with Crippen LogP contribution in [0.2, 0.25) is 10.0 Å². The Bertz CT molecular complexity index is 677. The number of nitrogens with two attached hydrogens (primary N) is 1. The second-order valence-electron chi connectivity index (χ2n) is 4.48. The molecular formula is C15H14Cl2N2OS. The molecule has 0 fully saturated rings. The van der Waals surface area contributed by atoms with Gasteiger partial charge in [0.15, 0.2) is 0 Å². The lowest BCUT2D eigenvalue weighted by molar-refractivity contribution is -0.113. The fourth-order valence-electron chi connectivity index (χ4n) is 1.69. The Kier molecular flexibility index (Phi) is 5.39. The first kappa shape index (κ1) is 16.0. The number of halogens is 2. The zero-order chi connectivity index (χ0) is 15.4. The van der Waals surface area contributed by atoms with E-state index in [2.05, 4.69) is 5.32 Å². The predicted octanol–water partition coefficient (Wildman–Crippen LogP) is 4.61. The van der Waals surface area contributed by atoms with Crippen LogP contribution in [-0.4, -0.2) is 11.7 Å². The third kappa shape index (κ3) is 4.56. The Morgan fingerprint density at radius 1 is 1.19 bits per heavy atom. The van der Waals surface area contributed by atoms with Crippen LogP contribution in [0, 0.1) is 6.92 Å². The molecule has 0 spiro atoms. The molecule has 0 aliphatic heterocycles. The zero-order valence-corrected chi connectivity index (χ0v) is 13.6. The summed E-state index contributed by atoms with van der Waals surface area (Å²) in [6, 6.07) is 10.6. The van der Waals surface area contributed by atoms with Gasteiger partial charge in [0.05, 0.1) is 5.75 Å². The van der Waals surface area contributed by atoms with Crippen LogP contribution in [-0.2, 0) is 4.79 Å². The number of rotatable bonds is 4. The van der Waals surface area contributed by atoms with E-state index < -0.39 is 0 Å². The van der Waals surface area contributed by atoms with Crippen molar-refractivity contribution in [1.29, 1.82) is 0 Å². The van der Waals surface area contributed by atoms with Gasteiger partial charge in [-0.15, -0.1) is 11.8 Å².